The maximum Gasteiger partial charge on any atom is 0.265 e. The molecule has 5 rings (SSSR count). The van der Waals surface area contributed by atoms with Gasteiger partial charge in [0, 0.05) is 26.2 Å². The predicted molar refractivity (Wildman–Crippen MR) is 107 cm³/mol. The van der Waals surface area contributed by atoms with Crippen molar-refractivity contribution in [1.82, 2.24) is 19.7 Å². The van der Waals surface area contributed by atoms with E-state index in [4.69, 9.17) is 4.42 Å². The summed E-state index contributed by atoms with van der Waals surface area (Å²) in [6.07, 6.45) is 1.63. The number of carbonyl (C=O) groups excluding carboxylic acids is 1. The van der Waals surface area contributed by atoms with E-state index in [0.29, 0.717) is 42.8 Å². The van der Waals surface area contributed by atoms with Crippen molar-refractivity contribution in [2.75, 3.05) is 31.1 Å². The lowest BCUT2D eigenvalue weighted by molar-refractivity contribution is 0.0813. The molecule has 2 unspecified atom stereocenters. The molecule has 9 heteroatoms. The van der Waals surface area contributed by atoms with Crippen molar-refractivity contribution in [3.8, 4) is 0 Å². The van der Waals surface area contributed by atoms with Crippen molar-refractivity contribution in [1.29, 1.82) is 0 Å². The minimum absolute atomic E-state index is 0.0801. The van der Waals surface area contributed by atoms with Crippen LogP contribution in [0.3, 0.4) is 0 Å². The highest BCUT2D eigenvalue weighted by atomic mass is 32.2. The van der Waals surface area contributed by atoms with Crippen LogP contribution in [0.1, 0.15) is 22.4 Å². The van der Waals surface area contributed by atoms with E-state index in [9.17, 15) is 9.18 Å². The van der Waals surface area contributed by atoms with E-state index in [0.717, 1.165) is 5.76 Å². The monoisotopic (exact) mass is 413 g/mol. The molecule has 0 spiro atoms. The molecule has 0 radical (unpaired) electrons. The number of fused-ring (bicyclic) bond motifs is 1. The first-order chi connectivity index (χ1) is 14.1. The SMILES string of the molecule is Cc1nc2n(n1)C(=O)C(C(c1ccco1)N1CCN(c3ccccc3F)CC1)S2. The van der Waals surface area contributed by atoms with E-state index >= 15 is 0 Å². The first-order valence-corrected chi connectivity index (χ1v) is 10.4. The Labute approximate surface area is 171 Å². The van der Waals surface area contributed by atoms with Crippen molar-refractivity contribution in [3.63, 3.8) is 0 Å². The predicted octanol–water partition coefficient (Wildman–Crippen LogP) is 3.00. The van der Waals surface area contributed by atoms with Gasteiger partial charge in [-0.25, -0.2) is 9.37 Å². The molecule has 1 aromatic carbocycles. The lowest BCUT2D eigenvalue weighted by Crippen LogP contribution is -2.50. The van der Waals surface area contributed by atoms with Gasteiger partial charge in [-0.3, -0.25) is 9.69 Å². The van der Waals surface area contributed by atoms with Gasteiger partial charge in [0.15, 0.2) is 5.16 Å². The molecule has 0 N–H and O–H groups in total. The third kappa shape index (κ3) is 3.24. The summed E-state index contributed by atoms with van der Waals surface area (Å²) in [5, 5.41) is 4.48. The fraction of sp³-hybridized carbons (Fsp3) is 0.350. The van der Waals surface area contributed by atoms with Crippen molar-refractivity contribution in [3.05, 3.63) is 60.1 Å². The van der Waals surface area contributed by atoms with Gasteiger partial charge in [0.05, 0.1) is 18.0 Å². The number of benzene rings is 1. The van der Waals surface area contributed by atoms with Gasteiger partial charge in [0.25, 0.3) is 5.91 Å². The van der Waals surface area contributed by atoms with Crippen LogP contribution < -0.4 is 4.90 Å². The molecule has 2 aliphatic heterocycles. The summed E-state index contributed by atoms with van der Waals surface area (Å²) in [6.45, 7) is 4.51. The van der Waals surface area contributed by atoms with Crippen LogP contribution >= 0.6 is 11.8 Å². The van der Waals surface area contributed by atoms with Gasteiger partial charge < -0.3 is 9.32 Å². The number of halogens is 1. The number of furan rings is 1. The van der Waals surface area contributed by atoms with Crippen molar-refractivity contribution in [2.24, 2.45) is 0 Å². The lowest BCUT2D eigenvalue weighted by Gasteiger charge is -2.40. The van der Waals surface area contributed by atoms with Crippen LogP contribution in [-0.2, 0) is 0 Å². The fourth-order valence-corrected chi connectivity index (χ4v) is 5.31. The summed E-state index contributed by atoms with van der Waals surface area (Å²) < 4.78 is 21.3. The Morgan fingerprint density at radius 1 is 1.17 bits per heavy atom. The lowest BCUT2D eigenvalue weighted by atomic mass is 10.1. The third-order valence-electron chi connectivity index (χ3n) is 5.39. The molecular weight excluding hydrogens is 393 g/mol. The zero-order valence-electron chi connectivity index (χ0n) is 15.9. The quantitative estimate of drug-likeness (QED) is 0.651. The van der Waals surface area contributed by atoms with Gasteiger partial charge >= 0.3 is 0 Å². The number of rotatable bonds is 4. The molecule has 3 aromatic rings. The smallest absolute Gasteiger partial charge is 0.265 e. The number of aryl methyl sites for hydroxylation is 1. The van der Waals surface area contributed by atoms with E-state index in [1.807, 2.05) is 23.1 Å². The second kappa shape index (κ2) is 7.31. The molecule has 0 saturated carbocycles. The van der Waals surface area contributed by atoms with E-state index < -0.39 is 0 Å². The molecule has 2 atom stereocenters. The largest absolute Gasteiger partial charge is 0.468 e. The highest BCUT2D eigenvalue weighted by molar-refractivity contribution is 8.00. The Morgan fingerprint density at radius 2 is 1.97 bits per heavy atom. The minimum Gasteiger partial charge on any atom is -0.468 e. The summed E-state index contributed by atoms with van der Waals surface area (Å²) in [4.78, 5) is 21.7. The van der Waals surface area contributed by atoms with Crippen LogP contribution in [-0.4, -0.2) is 57.0 Å². The number of carbonyl (C=O) groups is 1. The molecule has 0 aliphatic carbocycles. The molecule has 4 heterocycles. The Hall–Kier alpha value is -2.65. The first-order valence-electron chi connectivity index (χ1n) is 9.53. The third-order valence-corrected chi connectivity index (χ3v) is 6.58. The summed E-state index contributed by atoms with van der Waals surface area (Å²) in [5.41, 5.74) is 0.618. The zero-order valence-corrected chi connectivity index (χ0v) is 16.7. The van der Waals surface area contributed by atoms with Gasteiger partial charge in [-0.2, -0.15) is 4.68 Å². The van der Waals surface area contributed by atoms with Gasteiger partial charge in [0.1, 0.15) is 22.7 Å². The van der Waals surface area contributed by atoms with Gasteiger partial charge in [-0.15, -0.1) is 5.10 Å². The fourth-order valence-electron chi connectivity index (χ4n) is 4.03. The number of piperazine rings is 1. The van der Waals surface area contributed by atoms with Crippen molar-refractivity contribution >= 4 is 23.4 Å². The van der Waals surface area contributed by atoms with Crippen molar-refractivity contribution < 1.29 is 13.6 Å². The molecule has 1 saturated heterocycles. The molecule has 2 aliphatic rings. The maximum absolute atomic E-state index is 14.2. The zero-order chi connectivity index (χ0) is 20.0. The summed E-state index contributed by atoms with van der Waals surface area (Å²) in [5.74, 6) is 1.05. The van der Waals surface area contributed by atoms with Crippen LogP contribution in [0.4, 0.5) is 10.1 Å². The number of nitrogens with zero attached hydrogens (tertiary/aromatic N) is 5. The van der Waals surface area contributed by atoms with Crippen molar-refractivity contribution in [2.45, 2.75) is 23.4 Å². The second-order valence-electron chi connectivity index (χ2n) is 7.16. The highest BCUT2D eigenvalue weighted by Crippen LogP contribution is 2.41. The van der Waals surface area contributed by atoms with Gasteiger partial charge in [0.2, 0.25) is 0 Å². The van der Waals surface area contributed by atoms with E-state index in [1.54, 1.807) is 25.3 Å². The number of aromatic nitrogens is 3. The van der Waals surface area contributed by atoms with Gasteiger partial charge in [-0.1, -0.05) is 23.9 Å². The molecule has 150 valence electrons. The normalized spacial score (nSPS) is 20.8. The Balaban J connectivity index is 1.38. The number of hydrogen-bond acceptors (Lipinski definition) is 7. The molecule has 2 aromatic heterocycles. The number of para-hydroxylation sites is 1. The topological polar surface area (TPSA) is 67.4 Å². The average Bonchev–Trinajstić information content (AvgIpc) is 3.43. The summed E-state index contributed by atoms with van der Waals surface area (Å²) in [6, 6.07) is 10.3. The van der Waals surface area contributed by atoms with Crippen LogP contribution in [0.25, 0.3) is 0 Å². The number of thioether (sulfide) groups is 1. The molecule has 1 fully saturated rings. The molecule has 7 nitrogen and oxygen atoms in total. The number of anilines is 1. The minimum atomic E-state index is -0.378. The highest BCUT2D eigenvalue weighted by Gasteiger charge is 2.44. The summed E-state index contributed by atoms with van der Waals surface area (Å²) >= 11 is 1.43. The van der Waals surface area contributed by atoms with Crippen LogP contribution in [0.15, 0.2) is 52.2 Å². The van der Waals surface area contributed by atoms with Crippen LogP contribution in [0, 0.1) is 12.7 Å². The van der Waals surface area contributed by atoms with E-state index in [-0.39, 0.29) is 23.0 Å². The van der Waals surface area contributed by atoms with Crippen LogP contribution in [0.2, 0.25) is 0 Å². The van der Waals surface area contributed by atoms with E-state index in [2.05, 4.69) is 15.0 Å². The standard InChI is InChI=1S/C20H20FN5O2S/c1-13-22-20-26(23-13)19(27)18(29-20)17(16-7-4-12-28-16)25-10-8-24(9-11-25)15-6-3-2-5-14(15)21/h2-7,12,17-18H,8-11H2,1H3. The first kappa shape index (κ1) is 18.4. The van der Waals surface area contributed by atoms with Gasteiger partial charge in [-0.05, 0) is 31.2 Å². The number of hydrogen-bond donors (Lipinski definition) is 0. The molecular formula is C20H20FN5O2S. The second-order valence-corrected chi connectivity index (χ2v) is 8.27. The maximum atomic E-state index is 14.2. The molecule has 29 heavy (non-hydrogen) atoms. The molecule has 0 bridgehead atoms. The Morgan fingerprint density at radius 3 is 2.66 bits per heavy atom. The average molecular weight is 413 g/mol. The summed E-state index contributed by atoms with van der Waals surface area (Å²) in [7, 11) is 0. The Bertz CT molecular complexity index is 1030. The van der Waals surface area contributed by atoms with E-state index in [1.165, 1.54) is 22.5 Å². The molecule has 0 amide bonds. The Kier molecular flexibility index (Phi) is 4.63. The van der Waals surface area contributed by atoms with Crippen LogP contribution in [0.5, 0.6) is 0 Å².